The monoisotopic (exact) mass is 350 g/mol. The molecule has 3 N–H and O–H groups in total. The number of carbonyl (C=O) groups excluding carboxylic acids is 1. The molecule has 1 fully saturated rings. The number of aromatic nitrogens is 2. The van der Waals surface area contributed by atoms with Gasteiger partial charge in [-0.15, -0.1) is 12.4 Å². The molecule has 0 bridgehead atoms. The first-order valence-electron chi connectivity index (χ1n) is 8.04. The maximum absolute atomic E-state index is 12.5. The van der Waals surface area contributed by atoms with E-state index in [0.717, 1.165) is 23.9 Å². The Kier molecular flexibility index (Phi) is 5.96. The van der Waals surface area contributed by atoms with E-state index in [1.54, 1.807) is 6.07 Å². The first-order valence-corrected chi connectivity index (χ1v) is 8.04. The van der Waals surface area contributed by atoms with E-state index in [1.165, 1.54) is 10.9 Å². The summed E-state index contributed by atoms with van der Waals surface area (Å²) >= 11 is 0. The van der Waals surface area contributed by atoms with E-state index in [9.17, 15) is 9.59 Å². The molecule has 6 nitrogen and oxygen atoms in total. The number of hydrogen-bond donors (Lipinski definition) is 2. The van der Waals surface area contributed by atoms with Gasteiger partial charge in [0.25, 0.3) is 5.56 Å². The van der Waals surface area contributed by atoms with Crippen LogP contribution in [0, 0.1) is 12.8 Å². The van der Waals surface area contributed by atoms with Crippen LogP contribution < -0.4 is 16.6 Å². The fourth-order valence-corrected chi connectivity index (χ4v) is 2.87. The van der Waals surface area contributed by atoms with Gasteiger partial charge in [-0.25, -0.2) is 4.98 Å². The molecule has 1 saturated carbocycles. The lowest BCUT2D eigenvalue weighted by molar-refractivity contribution is -0.122. The molecule has 1 aromatic heterocycles. The van der Waals surface area contributed by atoms with Crippen LogP contribution >= 0.6 is 12.4 Å². The van der Waals surface area contributed by atoms with Gasteiger partial charge < -0.3 is 11.1 Å². The van der Waals surface area contributed by atoms with Crippen LogP contribution in [0.2, 0.25) is 0 Å². The van der Waals surface area contributed by atoms with Crippen LogP contribution in [0.4, 0.5) is 0 Å². The second-order valence-electron chi connectivity index (χ2n) is 6.21. The highest BCUT2D eigenvalue weighted by atomic mass is 35.5. The lowest BCUT2D eigenvalue weighted by Gasteiger charge is -2.16. The molecule has 0 aliphatic heterocycles. The molecule has 1 aromatic carbocycles. The van der Waals surface area contributed by atoms with E-state index >= 15 is 0 Å². The number of nitrogens with one attached hydrogen (secondary N) is 1. The molecule has 1 atom stereocenters. The van der Waals surface area contributed by atoms with Crippen LogP contribution in [0.25, 0.3) is 10.9 Å². The molecular formula is C17H23ClN4O2. The van der Waals surface area contributed by atoms with Crippen molar-refractivity contribution in [3.05, 3.63) is 40.4 Å². The smallest absolute Gasteiger partial charge is 0.261 e. The molecule has 3 rings (SSSR count). The summed E-state index contributed by atoms with van der Waals surface area (Å²) in [6.45, 7) is 2.72. The minimum atomic E-state index is -0.107. The number of halogens is 1. The molecular weight excluding hydrogens is 328 g/mol. The van der Waals surface area contributed by atoms with E-state index in [2.05, 4.69) is 10.3 Å². The summed E-state index contributed by atoms with van der Waals surface area (Å²) < 4.78 is 1.50. The fourth-order valence-electron chi connectivity index (χ4n) is 2.87. The number of nitrogens with two attached hydrogens (primary N) is 1. The minimum absolute atomic E-state index is 0. The Balaban J connectivity index is 0.00000208. The number of para-hydroxylation sites is 1. The zero-order valence-corrected chi connectivity index (χ0v) is 14.5. The third kappa shape index (κ3) is 3.94. The zero-order valence-electron chi connectivity index (χ0n) is 13.7. The van der Waals surface area contributed by atoms with Gasteiger partial charge in [-0.2, -0.15) is 0 Å². The van der Waals surface area contributed by atoms with E-state index in [1.807, 2.05) is 19.1 Å². The minimum Gasteiger partial charge on any atom is -0.352 e. The zero-order chi connectivity index (χ0) is 16.4. The number of fused-ring (bicyclic) bond motifs is 1. The fraction of sp³-hybridized carbons (Fsp3) is 0.471. The van der Waals surface area contributed by atoms with Crippen molar-refractivity contribution in [2.24, 2.45) is 11.7 Å². The normalized spacial score (nSPS) is 14.9. The van der Waals surface area contributed by atoms with Crippen LogP contribution in [0.1, 0.15) is 24.8 Å². The Hall–Kier alpha value is -1.92. The Bertz CT molecular complexity index is 786. The number of amides is 1. The highest BCUT2D eigenvalue weighted by Gasteiger charge is 2.31. The van der Waals surface area contributed by atoms with E-state index in [4.69, 9.17) is 5.73 Å². The molecule has 0 radical (unpaired) electrons. The van der Waals surface area contributed by atoms with Crippen LogP contribution in [0.15, 0.2) is 29.3 Å². The van der Waals surface area contributed by atoms with Crippen molar-refractivity contribution in [1.29, 1.82) is 0 Å². The molecule has 1 amide bonds. The molecule has 1 aliphatic carbocycles. The van der Waals surface area contributed by atoms with Crippen LogP contribution in [0.3, 0.4) is 0 Å². The summed E-state index contributed by atoms with van der Waals surface area (Å²) in [5, 5.41) is 3.55. The topological polar surface area (TPSA) is 90.0 Å². The summed E-state index contributed by atoms with van der Waals surface area (Å²) in [5.41, 5.74) is 7.27. The average Bonchev–Trinajstić information content (AvgIpc) is 3.37. The molecule has 1 unspecified atom stereocenters. The molecule has 1 aliphatic rings. The number of carbonyl (C=O) groups is 1. The van der Waals surface area contributed by atoms with Gasteiger partial charge in [0.1, 0.15) is 0 Å². The van der Waals surface area contributed by atoms with Crippen molar-refractivity contribution in [3.63, 3.8) is 0 Å². The van der Waals surface area contributed by atoms with Crippen molar-refractivity contribution in [2.75, 3.05) is 6.54 Å². The lowest BCUT2D eigenvalue weighted by Crippen LogP contribution is -2.42. The first-order chi connectivity index (χ1) is 11.1. The largest absolute Gasteiger partial charge is 0.352 e. The Morgan fingerprint density at radius 3 is 2.88 bits per heavy atom. The number of rotatable bonds is 6. The molecule has 130 valence electrons. The average molecular weight is 351 g/mol. The van der Waals surface area contributed by atoms with Crippen LogP contribution in [0.5, 0.6) is 0 Å². The lowest BCUT2D eigenvalue weighted by atomic mass is 10.1. The Morgan fingerprint density at radius 1 is 1.46 bits per heavy atom. The molecule has 0 spiro atoms. The molecule has 7 heteroatoms. The van der Waals surface area contributed by atoms with Gasteiger partial charge in [0.2, 0.25) is 5.91 Å². The second-order valence-corrected chi connectivity index (χ2v) is 6.21. The predicted octanol–water partition coefficient (Wildman–Crippen LogP) is 1.37. The third-order valence-electron chi connectivity index (χ3n) is 4.43. The van der Waals surface area contributed by atoms with Crippen LogP contribution in [-0.2, 0) is 11.3 Å². The van der Waals surface area contributed by atoms with Gasteiger partial charge in [-0.05, 0) is 37.3 Å². The van der Waals surface area contributed by atoms with Gasteiger partial charge in [0.15, 0.2) is 0 Å². The van der Waals surface area contributed by atoms with Crippen LogP contribution in [-0.4, -0.2) is 28.0 Å². The molecule has 24 heavy (non-hydrogen) atoms. The maximum Gasteiger partial charge on any atom is 0.261 e. The SMILES string of the molecule is Cc1cccc2c(=O)n(CCC(=O)NC(CN)C3CC3)cnc12.Cl. The maximum atomic E-state index is 12.5. The second kappa shape index (κ2) is 7.77. The molecule has 1 heterocycles. The first kappa shape index (κ1) is 18.4. The summed E-state index contributed by atoms with van der Waals surface area (Å²) in [6.07, 6.45) is 4.04. The predicted molar refractivity (Wildman–Crippen MR) is 96.3 cm³/mol. The summed E-state index contributed by atoms with van der Waals surface area (Å²) in [5.74, 6) is 0.459. The van der Waals surface area contributed by atoms with Crippen molar-refractivity contribution >= 4 is 29.2 Å². The number of benzene rings is 1. The number of hydrogen-bond acceptors (Lipinski definition) is 4. The molecule has 2 aromatic rings. The van der Waals surface area contributed by atoms with Gasteiger partial charge in [-0.3, -0.25) is 14.2 Å². The van der Waals surface area contributed by atoms with E-state index < -0.39 is 0 Å². The number of nitrogens with zero attached hydrogens (tertiary/aromatic N) is 2. The van der Waals surface area contributed by atoms with Gasteiger partial charge in [0.05, 0.1) is 17.2 Å². The van der Waals surface area contributed by atoms with E-state index in [-0.39, 0.29) is 36.3 Å². The van der Waals surface area contributed by atoms with Gasteiger partial charge >= 0.3 is 0 Å². The molecule has 0 saturated heterocycles. The summed E-state index contributed by atoms with van der Waals surface area (Å²) in [6, 6.07) is 5.61. The van der Waals surface area contributed by atoms with Crippen molar-refractivity contribution < 1.29 is 4.79 Å². The van der Waals surface area contributed by atoms with Gasteiger partial charge in [0, 0.05) is 25.6 Å². The van der Waals surface area contributed by atoms with Crippen molar-refractivity contribution in [2.45, 2.75) is 38.8 Å². The summed E-state index contributed by atoms with van der Waals surface area (Å²) in [7, 11) is 0. The Labute approximate surface area is 146 Å². The number of aryl methyl sites for hydroxylation is 2. The highest BCUT2D eigenvalue weighted by molar-refractivity contribution is 5.85. The van der Waals surface area contributed by atoms with Crippen molar-refractivity contribution in [3.8, 4) is 0 Å². The third-order valence-corrected chi connectivity index (χ3v) is 4.43. The highest BCUT2D eigenvalue weighted by Crippen LogP contribution is 2.32. The van der Waals surface area contributed by atoms with Crippen molar-refractivity contribution in [1.82, 2.24) is 14.9 Å². The Morgan fingerprint density at radius 2 is 2.21 bits per heavy atom. The van der Waals surface area contributed by atoms with Gasteiger partial charge in [-0.1, -0.05) is 12.1 Å². The quantitative estimate of drug-likeness (QED) is 0.823. The standard InChI is InChI=1S/C17H22N4O2.ClH/c1-11-3-2-4-13-16(11)19-10-21(17(13)23)8-7-15(22)20-14(9-18)12-5-6-12;/h2-4,10,12,14H,5-9,18H2,1H3,(H,20,22);1H. The summed E-state index contributed by atoms with van der Waals surface area (Å²) in [4.78, 5) is 28.9. The van der Waals surface area contributed by atoms with E-state index in [0.29, 0.717) is 24.4 Å².